The number of aromatic nitrogens is 2. The molecule has 0 aliphatic heterocycles. The van der Waals surface area contributed by atoms with Crippen molar-refractivity contribution in [3.8, 4) is 0 Å². The number of nitrogens with one attached hydrogen (secondary N) is 1. The number of pyridine rings is 2. The molecule has 0 unspecified atom stereocenters. The Labute approximate surface area is 121 Å². The van der Waals surface area contributed by atoms with Crippen LogP contribution in [0.4, 0.5) is 0 Å². The molecule has 2 N–H and O–H groups in total. The molecule has 0 spiro atoms. The highest BCUT2D eigenvalue weighted by molar-refractivity contribution is 7.89. The fourth-order valence-electron chi connectivity index (χ4n) is 1.65. The van der Waals surface area contributed by atoms with E-state index >= 15 is 0 Å². The number of carboxylic acid groups (broad SMARTS) is 1. The first-order valence-corrected chi connectivity index (χ1v) is 7.51. The van der Waals surface area contributed by atoms with E-state index in [1.165, 1.54) is 6.07 Å². The van der Waals surface area contributed by atoms with Gasteiger partial charge >= 0.3 is 5.97 Å². The standard InChI is InChI=1S/C13H13N3O4S/c1-9(11-4-2-3-7-14-11)16-21(19,20)12-6-5-10(8-15-12)13(17)18/h2-9,16H,1H3,(H,17,18)/t9-/m0/s1. The monoisotopic (exact) mass is 307 g/mol. The van der Waals surface area contributed by atoms with Crippen molar-refractivity contribution in [3.63, 3.8) is 0 Å². The first-order chi connectivity index (χ1) is 9.90. The predicted octanol–water partition coefficient (Wildman–Crippen LogP) is 1.21. The summed E-state index contributed by atoms with van der Waals surface area (Å²) in [5.74, 6) is -1.17. The van der Waals surface area contributed by atoms with E-state index in [0.29, 0.717) is 5.69 Å². The minimum absolute atomic E-state index is 0.0771. The Morgan fingerprint density at radius 2 is 2.00 bits per heavy atom. The Bertz CT molecular complexity index is 730. The van der Waals surface area contributed by atoms with Crippen LogP contribution >= 0.6 is 0 Å². The molecular formula is C13H13N3O4S. The number of hydrogen-bond acceptors (Lipinski definition) is 5. The van der Waals surface area contributed by atoms with Gasteiger partial charge < -0.3 is 5.11 Å². The lowest BCUT2D eigenvalue weighted by Gasteiger charge is -2.13. The van der Waals surface area contributed by atoms with Gasteiger partial charge in [-0.1, -0.05) is 6.07 Å². The second kappa shape index (κ2) is 5.98. The molecule has 2 aromatic heterocycles. The molecule has 0 radical (unpaired) electrons. The lowest BCUT2D eigenvalue weighted by Crippen LogP contribution is -2.28. The number of hydrogen-bond donors (Lipinski definition) is 2. The van der Waals surface area contributed by atoms with Gasteiger partial charge in [-0.15, -0.1) is 0 Å². The molecule has 110 valence electrons. The maximum Gasteiger partial charge on any atom is 0.337 e. The van der Waals surface area contributed by atoms with Crippen LogP contribution in [0.25, 0.3) is 0 Å². The number of nitrogens with zero attached hydrogens (tertiary/aromatic N) is 2. The summed E-state index contributed by atoms with van der Waals surface area (Å²) in [6.45, 7) is 1.66. The van der Waals surface area contributed by atoms with Crippen molar-refractivity contribution in [1.29, 1.82) is 0 Å². The normalized spacial score (nSPS) is 12.8. The Kier molecular flexibility index (Phi) is 4.29. The number of carbonyl (C=O) groups is 1. The molecular weight excluding hydrogens is 294 g/mol. The molecule has 7 nitrogen and oxygen atoms in total. The number of rotatable bonds is 5. The average molecular weight is 307 g/mol. The summed E-state index contributed by atoms with van der Waals surface area (Å²) in [6.07, 6.45) is 2.57. The summed E-state index contributed by atoms with van der Waals surface area (Å²) < 4.78 is 26.7. The molecule has 0 amide bonds. The largest absolute Gasteiger partial charge is 0.478 e. The topological polar surface area (TPSA) is 109 Å². The minimum atomic E-state index is -3.84. The average Bonchev–Trinajstić information content (AvgIpc) is 2.48. The fourth-order valence-corrected chi connectivity index (χ4v) is 2.80. The van der Waals surface area contributed by atoms with Crippen molar-refractivity contribution in [2.45, 2.75) is 18.0 Å². The maximum absolute atomic E-state index is 12.1. The molecule has 0 aliphatic carbocycles. The summed E-state index contributed by atoms with van der Waals surface area (Å²) in [7, 11) is -3.84. The lowest BCUT2D eigenvalue weighted by atomic mass is 10.2. The van der Waals surface area contributed by atoms with E-state index in [4.69, 9.17) is 5.11 Å². The quantitative estimate of drug-likeness (QED) is 0.859. The van der Waals surface area contributed by atoms with Gasteiger partial charge in [0.25, 0.3) is 10.0 Å². The van der Waals surface area contributed by atoms with Crippen LogP contribution in [-0.2, 0) is 10.0 Å². The molecule has 0 saturated carbocycles. The molecule has 2 rings (SSSR count). The second-order valence-corrected chi connectivity index (χ2v) is 5.95. The van der Waals surface area contributed by atoms with Gasteiger partial charge in [0.2, 0.25) is 0 Å². The van der Waals surface area contributed by atoms with E-state index in [2.05, 4.69) is 14.7 Å². The highest BCUT2D eigenvalue weighted by atomic mass is 32.2. The third kappa shape index (κ3) is 3.61. The Morgan fingerprint density at radius 1 is 1.24 bits per heavy atom. The summed E-state index contributed by atoms with van der Waals surface area (Å²) >= 11 is 0. The van der Waals surface area contributed by atoms with E-state index < -0.39 is 22.0 Å². The van der Waals surface area contributed by atoms with Crippen molar-refractivity contribution in [1.82, 2.24) is 14.7 Å². The van der Waals surface area contributed by atoms with Gasteiger partial charge in [0.15, 0.2) is 5.03 Å². The van der Waals surface area contributed by atoms with Gasteiger partial charge in [-0.2, -0.15) is 0 Å². The van der Waals surface area contributed by atoms with Crippen molar-refractivity contribution >= 4 is 16.0 Å². The molecule has 0 fully saturated rings. The van der Waals surface area contributed by atoms with Crippen molar-refractivity contribution in [2.24, 2.45) is 0 Å². The van der Waals surface area contributed by atoms with Gasteiger partial charge in [-0.25, -0.2) is 22.9 Å². The zero-order valence-corrected chi connectivity index (χ0v) is 11.9. The summed E-state index contributed by atoms with van der Waals surface area (Å²) in [5, 5.41) is 8.52. The van der Waals surface area contributed by atoms with Crippen LogP contribution in [0.3, 0.4) is 0 Å². The van der Waals surface area contributed by atoms with E-state index in [9.17, 15) is 13.2 Å². The van der Waals surface area contributed by atoms with Crippen LogP contribution in [0.2, 0.25) is 0 Å². The molecule has 2 aromatic rings. The fraction of sp³-hybridized carbons (Fsp3) is 0.154. The van der Waals surface area contributed by atoms with Gasteiger partial charge in [0, 0.05) is 12.4 Å². The third-order valence-electron chi connectivity index (χ3n) is 2.72. The van der Waals surface area contributed by atoms with Crippen LogP contribution in [0.15, 0.2) is 47.8 Å². The second-order valence-electron chi connectivity index (χ2n) is 4.29. The van der Waals surface area contributed by atoms with Crippen molar-refractivity contribution in [3.05, 3.63) is 54.0 Å². The zero-order valence-electron chi connectivity index (χ0n) is 11.1. The van der Waals surface area contributed by atoms with Gasteiger partial charge in [0.1, 0.15) is 0 Å². The van der Waals surface area contributed by atoms with Crippen LogP contribution in [-0.4, -0.2) is 29.5 Å². The summed E-state index contributed by atoms with van der Waals surface area (Å²) in [6, 6.07) is 7.00. The first kappa shape index (κ1) is 15.1. The molecule has 0 bridgehead atoms. The molecule has 8 heteroatoms. The van der Waals surface area contributed by atoms with E-state index in [1.54, 1.807) is 31.3 Å². The minimum Gasteiger partial charge on any atom is -0.478 e. The third-order valence-corrected chi connectivity index (χ3v) is 4.18. The van der Waals surface area contributed by atoms with E-state index in [1.807, 2.05) is 0 Å². The van der Waals surface area contributed by atoms with Crippen molar-refractivity contribution in [2.75, 3.05) is 0 Å². The maximum atomic E-state index is 12.1. The van der Waals surface area contributed by atoms with Crippen molar-refractivity contribution < 1.29 is 18.3 Å². The van der Waals surface area contributed by atoms with Gasteiger partial charge in [-0.3, -0.25) is 4.98 Å². The Balaban J connectivity index is 2.20. The SMILES string of the molecule is C[C@H](NS(=O)(=O)c1ccc(C(=O)O)cn1)c1ccccn1. The number of carboxylic acids is 1. The molecule has 0 saturated heterocycles. The zero-order chi connectivity index (χ0) is 15.5. The summed E-state index contributed by atoms with van der Waals surface area (Å²) in [4.78, 5) is 18.4. The summed E-state index contributed by atoms with van der Waals surface area (Å²) in [5.41, 5.74) is 0.495. The highest BCUT2D eigenvalue weighted by Crippen LogP contribution is 2.14. The Hall–Kier alpha value is -2.32. The van der Waals surface area contributed by atoms with E-state index in [-0.39, 0.29) is 10.6 Å². The van der Waals surface area contributed by atoms with Crippen LogP contribution in [0.1, 0.15) is 29.0 Å². The predicted molar refractivity (Wildman–Crippen MR) is 74.2 cm³/mol. The van der Waals surface area contributed by atoms with Gasteiger partial charge in [0.05, 0.1) is 17.3 Å². The van der Waals surface area contributed by atoms with Crippen LogP contribution in [0.5, 0.6) is 0 Å². The molecule has 0 aromatic carbocycles. The first-order valence-electron chi connectivity index (χ1n) is 6.03. The Morgan fingerprint density at radius 3 is 2.52 bits per heavy atom. The molecule has 1 atom stereocenters. The highest BCUT2D eigenvalue weighted by Gasteiger charge is 2.20. The lowest BCUT2D eigenvalue weighted by molar-refractivity contribution is 0.0696. The van der Waals surface area contributed by atoms with E-state index in [0.717, 1.165) is 12.3 Å². The van der Waals surface area contributed by atoms with Crippen LogP contribution in [0, 0.1) is 0 Å². The molecule has 2 heterocycles. The molecule has 0 aliphatic rings. The number of sulfonamides is 1. The van der Waals surface area contributed by atoms with Gasteiger partial charge in [-0.05, 0) is 31.2 Å². The smallest absolute Gasteiger partial charge is 0.337 e. The number of aromatic carboxylic acids is 1. The molecule has 21 heavy (non-hydrogen) atoms. The van der Waals surface area contributed by atoms with Crippen LogP contribution < -0.4 is 4.72 Å².